The normalized spacial score (nSPS) is 10.2. The number of pyridine rings is 1. The number of halogens is 1. The summed E-state index contributed by atoms with van der Waals surface area (Å²) in [6.07, 6.45) is 3.90. The summed E-state index contributed by atoms with van der Waals surface area (Å²) < 4.78 is 0. The number of rotatable bonds is 3. The predicted octanol–water partition coefficient (Wildman–Crippen LogP) is 4.01. The van der Waals surface area contributed by atoms with Crippen molar-refractivity contribution in [2.75, 3.05) is 0 Å². The number of aromatic nitrogens is 1. The summed E-state index contributed by atoms with van der Waals surface area (Å²) in [7, 11) is 0. The molecule has 2 nitrogen and oxygen atoms in total. The Labute approximate surface area is 109 Å². The van der Waals surface area contributed by atoms with Crippen LogP contribution in [-0.4, -0.2) is 11.3 Å². The van der Waals surface area contributed by atoms with Crippen LogP contribution in [0.2, 0.25) is 5.02 Å². The van der Waals surface area contributed by atoms with Gasteiger partial charge in [0.1, 0.15) is 0 Å². The molecular formula is C13H10ClNOS. The highest BCUT2D eigenvalue weighted by molar-refractivity contribution is 7.99. The first-order chi connectivity index (χ1) is 8.20. The van der Waals surface area contributed by atoms with Crippen molar-refractivity contribution in [3.05, 3.63) is 52.8 Å². The van der Waals surface area contributed by atoms with Crippen molar-refractivity contribution in [1.82, 2.24) is 4.98 Å². The summed E-state index contributed by atoms with van der Waals surface area (Å²) >= 11 is 7.41. The third kappa shape index (κ3) is 2.87. The van der Waals surface area contributed by atoms with Crippen LogP contribution in [0.1, 0.15) is 15.9 Å². The fraction of sp³-hybridized carbons (Fsp3) is 0.0769. The lowest BCUT2D eigenvalue weighted by molar-refractivity contribution is 0.112. The summed E-state index contributed by atoms with van der Waals surface area (Å²) in [5.41, 5.74) is 1.67. The van der Waals surface area contributed by atoms with Gasteiger partial charge in [-0.05, 0) is 19.1 Å². The standard InChI is InChI=1S/C13H10ClNOS/c1-9-3-2-4-10(5-9)17-13-7-15-6-12(14)11(13)8-16/h2-8H,1H3. The zero-order chi connectivity index (χ0) is 12.3. The fourth-order valence-corrected chi connectivity index (χ4v) is 2.71. The number of nitrogens with zero attached hydrogens (tertiary/aromatic N) is 1. The second-order valence-electron chi connectivity index (χ2n) is 3.57. The van der Waals surface area contributed by atoms with Crippen LogP contribution < -0.4 is 0 Å². The third-order valence-corrected chi connectivity index (χ3v) is 3.57. The first-order valence-corrected chi connectivity index (χ1v) is 6.23. The van der Waals surface area contributed by atoms with E-state index < -0.39 is 0 Å². The zero-order valence-electron chi connectivity index (χ0n) is 9.18. The van der Waals surface area contributed by atoms with Gasteiger partial charge in [-0.15, -0.1) is 0 Å². The SMILES string of the molecule is Cc1cccc(Sc2cncc(Cl)c2C=O)c1. The maximum absolute atomic E-state index is 11.0. The van der Waals surface area contributed by atoms with Gasteiger partial charge >= 0.3 is 0 Å². The maximum Gasteiger partial charge on any atom is 0.152 e. The lowest BCUT2D eigenvalue weighted by Gasteiger charge is -2.05. The molecule has 0 amide bonds. The molecule has 0 N–H and O–H groups in total. The van der Waals surface area contributed by atoms with Gasteiger partial charge < -0.3 is 0 Å². The molecule has 0 fully saturated rings. The Hall–Kier alpha value is -1.32. The molecule has 1 heterocycles. The van der Waals surface area contributed by atoms with Crippen molar-refractivity contribution in [2.45, 2.75) is 16.7 Å². The molecular weight excluding hydrogens is 254 g/mol. The Morgan fingerprint density at radius 2 is 2.18 bits per heavy atom. The van der Waals surface area contributed by atoms with Crippen LogP contribution in [0, 0.1) is 6.92 Å². The number of aldehydes is 1. The topological polar surface area (TPSA) is 30.0 Å². The monoisotopic (exact) mass is 263 g/mol. The summed E-state index contributed by atoms with van der Waals surface area (Å²) in [4.78, 5) is 16.8. The number of carbonyl (C=O) groups is 1. The second kappa shape index (κ2) is 5.34. The van der Waals surface area contributed by atoms with E-state index in [1.807, 2.05) is 25.1 Å². The van der Waals surface area contributed by atoms with Gasteiger partial charge in [0, 0.05) is 27.7 Å². The Morgan fingerprint density at radius 1 is 1.35 bits per heavy atom. The quantitative estimate of drug-likeness (QED) is 0.784. The molecule has 0 aliphatic rings. The minimum Gasteiger partial charge on any atom is -0.298 e. The molecule has 4 heteroatoms. The van der Waals surface area contributed by atoms with Crippen LogP contribution in [0.25, 0.3) is 0 Å². The first kappa shape index (κ1) is 12.1. The molecule has 0 atom stereocenters. The molecule has 86 valence electrons. The van der Waals surface area contributed by atoms with E-state index in [0.29, 0.717) is 10.6 Å². The van der Waals surface area contributed by atoms with Gasteiger partial charge in [0.15, 0.2) is 6.29 Å². The molecule has 0 radical (unpaired) electrons. The van der Waals surface area contributed by atoms with Gasteiger partial charge in [-0.25, -0.2) is 0 Å². The van der Waals surface area contributed by atoms with Crippen LogP contribution in [0.15, 0.2) is 46.5 Å². The van der Waals surface area contributed by atoms with Gasteiger partial charge in [0.25, 0.3) is 0 Å². The lowest BCUT2D eigenvalue weighted by Crippen LogP contribution is -1.89. The molecule has 0 saturated carbocycles. The first-order valence-electron chi connectivity index (χ1n) is 5.04. The molecule has 0 aliphatic heterocycles. The molecule has 0 unspecified atom stereocenters. The van der Waals surface area contributed by atoms with E-state index in [1.165, 1.54) is 23.5 Å². The van der Waals surface area contributed by atoms with Gasteiger partial charge in [-0.3, -0.25) is 9.78 Å². The largest absolute Gasteiger partial charge is 0.298 e. The van der Waals surface area contributed by atoms with Gasteiger partial charge in [-0.2, -0.15) is 0 Å². The highest BCUT2D eigenvalue weighted by Gasteiger charge is 2.08. The second-order valence-corrected chi connectivity index (χ2v) is 5.09. The average molecular weight is 264 g/mol. The minimum absolute atomic E-state index is 0.387. The maximum atomic E-state index is 11.0. The van der Waals surface area contributed by atoms with Crippen LogP contribution >= 0.6 is 23.4 Å². The smallest absolute Gasteiger partial charge is 0.152 e. The third-order valence-electron chi connectivity index (χ3n) is 2.24. The highest BCUT2D eigenvalue weighted by Crippen LogP contribution is 2.32. The van der Waals surface area contributed by atoms with E-state index >= 15 is 0 Å². The van der Waals surface area contributed by atoms with E-state index in [0.717, 1.165) is 16.1 Å². The lowest BCUT2D eigenvalue weighted by atomic mass is 10.2. The predicted molar refractivity (Wildman–Crippen MR) is 69.9 cm³/mol. The van der Waals surface area contributed by atoms with E-state index in [2.05, 4.69) is 11.1 Å². The van der Waals surface area contributed by atoms with Crippen molar-refractivity contribution in [1.29, 1.82) is 0 Å². The molecule has 1 aromatic heterocycles. The van der Waals surface area contributed by atoms with Crippen molar-refractivity contribution >= 4 is 29.6 Å². The Balaban J connectivity index is 2.36. The van der Waals surface area contributed by atoms with E-state index in [1.54, 1.807) is 6.20 Å². The fourth-order valence-electron chi connectivity index (χ4n) is 1.43. The number of benzene rings is 1. The van der Waals surface area contributed by atoms with Gasteiger partial charge in [-0.1, -0.05) is 41.1 Å². The average Bonchev–Trinajstić information content (AvgIpc) is 2.29. The molecule has 0 saturated heterocycles. The van der Waals surface area contributed by atoms with E-state index in [4.69, 9.17) is 11.6 Å². The van der Waals surface area contributed by atoms with Crippen molar-refractivity contribution in [2.24, 2.45) is 0 Å². The van der Waals surface area contributed by atoms with E-state index in [-0.39, 0.29) is 0 Å². The Morgan fingerprint density at radius 3 is 2.88 bits per heavy atom. The molecule has 2 aromatic rings. The molecule has 2 rings (SSSR count). The van der Waals surface area contributed by atoms with Crippen LogP contribution in [0.5, 0.6) is 0 Å². The molecule has 0 bridgehead atoms. The molecule has 0 aliphatic carbocycles. The van der Waals surface area contributed by atoms with Gasteiger partial charge in [0.05, 0.1) is 5.02 Å². The van der Waals surface area contributed by atoms with Crippen molar-refractivity contribution in [3.63, 3.8) is 0 Å². The molecule has 0 spiro atoms. The molecule has 17 heavy (non-hydrogen) atoms. The van der Waals surface area contributed by atoms with Gasteiger partial charge in [0.2, 0.25) is 0 Å². The van der Waals surface area contributed by atoms with Crippen molar-refractivity contribution in [3.8, 4) is 0 Å². The van der Waals surface area contributed by atoms with Crippen LogP contribution in [-0.2, 0) is 0 Å². The summed E-state index contributed by atoms with van der Waals surface area (Å²) in [6.45, 7) is 2.03. The van der Waals surface area contributed by atoms with Crippen LogP contribution in [0.4, 0.5) is 0 Å². The number of aryl methyl sites for hydroxylation is 1. The zero-order valence-corrected chi connectivity index (χ0v) is 10.8. The number of carbonyl (C=O) groups excluding carboxylic acids is 1. The van der Waals surface area contributed by atoms with Crippen molar-refractivity contribution < 1.29 is 4.79 Å². The van der Waals surface area contributed by atoms with Crippen LogP contribution in [0.3, 0.4) is 0 Å². The molecule has 1 aromatic carbocycles. The number of hydrogen-bond donors (Lipinski definition) is 0. The number of hydrogen-bond acceptors (Lipinski definition) is 3. The summed E-state index contributed by atoms with van der Waals surface area (Å²) in [5.74, 6) is 0. The summed E-state index contributed by atoms with van der Waals surface area (Å²) in [5, 5.41) is 0.387. The summed E-state index contributed by atoms with van der Waals surface area (Å²) in [6, 6.07) is 8.06. The minimum atomic E-state index is 0.387. The van der Waals surface area contributed by atoms with E-state index in [9.17, 15) is 4.79 Å². The highest BCUT2D eigenvalue weighted by atomic mass is 35.5. The Kier molecular flexibility index (Phi) is 3.82. The Bertz CT molecular complexity index is 557.